The van der Waals surface area contributed by atoms with E-state index in [9.17, 15) is 0 Å². The first kappa shape index (κ1) is 24.6. The fourth-order valence-electron chi connectivity index (χ4n) is 6.09. The van der Waals surface area contributed by atoms with Gasteiger partial charge >= 0.3 is 21.1 Å². The summed E-state index contributed by atoms with van der Waals surface area (Å²) in [5.74, 6) is 0.532. The predicted molar refractivity (Wildman–Crippen MR) is 178 cm³/mol. The Bertz CT molecular complexity index is 2230. The quantitative estimate of drug-likeness (QED) is 0.164. The van der Waals surface area contributed by atoms with Gasteiger partial charge in [0.2, 0.25) is 0 Å². The summed E-state index contributed by atoms with van der Waals surface area (Å²) in [7, 11) is 2.10. The molecule has 216 valence electrons. The van der Waals surface area contributed by atoms with Crippen LogP contribution in [0.3, 0.4) is 0 Å². The first-order chi connectivity index (χ1) is 22.4. The average Bonchev–Trinajstić information content (AvgIpc) is 3.60. The minimum atomic E-state index is -2.25. The fraction of sp³-hybridized carbons (Fsp3) is 0.0789. The van der Waals surface area contributed by atoms with Crippen molar-refractivity contribution < 1.29 is 25.2 Å². The summed E-state index contributed by atoms with van der Waals surface area (Å²) in [4.78, 5) is 11.3. The zero-order chi connectivity index (χ0) is 31.4. The van der Waals surface area contributed by atoms with Crippen LogP contribution in [0.2, 0.25) is 0 Å². The Hall–Kier alpha value is -4.86. The van der Waals surface area contributed by atoms with Gasteiger partial charge in [0, 0.05) is 28.6 Å². The van der Waals surface area contributed by atoms with Crippen molar-refractivity contribution in [1.29, 1.82) is 0 Å². The second-order valence-corrected chi connectivity index (χ2v) is 10.7. The zero-order valence-electron chi connectivity index (χ0n) is 26.9. The monoisotopic (exact) mass is 753 g/mol. The number of benzene rings is 5. The summed E-state index contributed by atoms with van der Waals surface area (Å²) in [6.45, 7) is -1.52. The summed E-state index contributed by atoms with van der Waals surface area (Å²) >= 11 is 0. The second-order valence-electron chi connectivity index (χ2n) is 10.7. The minimum absolute atomic E-state index is 0. The summed E-state index contributed by atoms with van der Waals surface area (Å²) in [6.07, 6.45) is 1.56. The molecule has 1 aliphatic heterocycles. The number of anilines is 6. The Morgan fingerprint density at radius 3 is 2.39 bits per heavy atom. The number of nitrogens with zero attached hydrogens (tertiary/aromatic N) is 5. The summed E-state index contributed by atoms with van der Waals surface area (Å²) in [6, 6.07) is 47.8. The van der Waals surface area contributed by atoms with Crippen molar-refractivity contribution in [3.05, 3.63) is 145 Å². The largest absolute Gasteiger partial charge is 2.00 e. The Labute approximate surface area is 276 Å². The van der Waals surface area contributed by atoms with Crippen LogP contribution in [0.15, 0.2) is 128 Å². The molecule has 0 saturated carbocycles. The second kappa shape index (κ2) is 11.3. The van der Waals surface area contributed by atoms with Crippen LogP contribution in [0.4, 0.5) is 34.1 Å². The normalized spacial score (nSPS) is 13.7. The Kier molecular flexibility index (Phi) is 6.33. The van der Waals surface area contributed by atoms with Crippen molar-refractivity contribution in [2.24, 2.45) is 0 Å². The number of aryl methyl sites for hydroxylation is 1. The van der Waals surface area contributed by atoms with Gasteiger partial charge in [0.15, 0.2) is 0 Å². The Morgan fingerprint density at radius 1 is 0.750 bits per heavy atom. The molecule has 0 N–H and O–H groups in total. The van der Waals surface area contributed by atoms with Gasteiger partial charge in [-0.1, -0.05) is 71.1 Å². The van der Waals surface area contributed by atoms with Crippen LogP contribution in [0.25, 0.3) is 27.6 Å². The minimum Gasteiger partial charge on any atom is -0.358 e. The molecule has 3 heterocycles. The average molecular weight is 754 g/mol. The number of pyridine rings is 1. The van der Waals surface area contributed by atoms with Crippen molar-refractivity contribution in [2.75, 3.05) is 28.4 Å². The van der Waals surface area contributed by atoms with Crippen LogP contribution in [0.5, 0.6) is 0 Å². The third-order valence-electron chi connectivity index (χ3n) is 8.03. The van der Waals surface area contributed by atoms with Gasteiger partial charge in [-0.2, -0.15) is 12.1 Å². The first-order valence-corrected chi connectivity index (χ1v) is 14.2. The van der Waals surface area contributed by atoms with Crippen LogP contribution in [0, 0.1) is 19.0 Å². The van der Waals surface area contributed by atoms with Gasteiger partial charge in [0.1, 0.15) is 5.82 Å². The van der Waals surface area contributed by atoms with Gasteiger partial charge in [-0.05, 0) is 60.3 Å². The van der Waals surface area contributed by atoms with Gasteiger partial charge in [-0.15, -0.1) is 35.7 Å². The van der Waals surface area contributed by atoms with Crippen LogP contribution < -0.4 is 14.7 Å². The molecule has 0 atom stereocenters. The van der Waals surface area contributed by atoms with E-state index in [1.165, 1.54) is 5.69 Å². The van der Waals surface area contributed by atoms with Crippen molar-refractivity contribution in [3.8, 4) is 5.82 Å². The maximum atomic E-state index is 8.00. The maximum Gasteiger partial charge on any atom is 2.00 e. The molecular weight excluding hydrogens is 722 g/mol. The molecule has 2 aromatic heterocycles. The summed E-state index contributed by atoms with van der Waals surface area (Å²) < 4.78 is 26.0. The molecule has 6 heteroatoms. The number of fused-ring (bicyclic) bond motifs is 4. The van der Waals surface area contributed by atoms with E-state index in [2.05, 4.69) is 112 Å². The molecule has 0 saturated heterocycles. The fourth-order valence-corrected chi connectivity index (χ4v) is 6.09. The summed E-state index contributed by atoms with van der Waals surface area (Å²) in [5, 5.41) is 2.04. The van der Waals surface area contributed by atoms with E-state index in [1.54, 1.807) is 18.3 Å². The van der Waals surface area contributed by atoms with Crippen molar-refractivity contribution in [3.63, 3.8) is 0 Å². The number of para-hydroxylation sites is 4. The predicted octanol–water partition coefficient (Wildman–Crippen LogP) is 9.10. The van der Waals surface area contributed by atoms with Crippen LogP contribution in [-0.4, -0.2) is 23.3 Å². The molecule has 0 amide bonds. The first-order valence-electron chi connectivity index (χ1n) is 15.7. The smallest absolute Gasteiger partial charge is 0.358 e. The molecule has 0 radical (unpaired) electrons. The summed E-state index contributed by atoms with van der Waals surface area (Å²) in [5.41, 5.74) is 7.94. The van der Waals surface area contributed by atoms with E-state index in [0.717, 1.165) is 56.9 Å². The molecule has 7 aromatic rings. The molecule has 0 bridgehead atoms. The molecule has 0 fully saturated rings. The molecule has 0 unspecified atom stereocenters. The molecule has 0 aliphatic carbocycles. The van der Waals surface area contributed by atoms with Gasteiger partial charge in [0.25, 0.3) is 0 Å². The van der Waals surface area contributed by atoms with Crippen molar-refractivity contribution in [1.82, 2.24) is 9.55 Å². The van der Waals surface area contributed by atoms with E-state index in [4.69, 9.17) is 4.11 Å². The van der Waals surface area contributed by atoms with Gasteiger partial charge in [0.05, 0.1) is 18.0 Å². The van der Waals surface area contributed by atoms with E-state index in [-0.39, 0.29) is 26.6 Å². The number of aromatic nitrogens is 2. The van der Waals surface area contributed by atoms with E-state index in [0.29, 0.717) is 5.82 Å². The molecule has 44 heavy (non-hydrogen) atoms. The van der Waals surface area contributed by atoms with E-state index < -0.39 is 6.85 Å². The van der Waals surface area contributed by atoms with E-state index in [1.807, 2.05) is 41.0 Å². The zero-order valence-corrected chi connectivity index (χ0v) is 26.2. The van der Waals surface area contributed by atoms with Crippen LogP contribution in [0.1, 0.15) is 9.68 Å². The number of hydrogen-bond acceptors (Lipinski definition) is 4. The SMILES string of the molecule is [2H]C([2H])([2H])c1ccnc(-n2c3[c-]c(N(c4[c-]c(N5CN(C)c6ccccc65)ccc4)c4ccccc4)ccc3c3ccccc32)c1.[Pt+2]. The topological polar surface area (TPSA) is 27.5 Å². The van der Waals surface area contributed by atoms with Gasteiger partial charge < -0.3 is 19.3 Å². The molecular formula is C38H29N5Pt. The third kappa shape index (κ3) is 4.65. The molecule has 8 rings (SSSR count). The molecule has 5 nitrogen and oxygen atoms in total. The van der Waals surface area contributed by atoms with Gasteiger partial charge in [-0.25, -0.2) is 4.98 Å². The Balaban J connectivity index is 0.00000351. The standard InChI is InChI=1S/C38H29N5.Pt/c1-27-21-22-39-38(23-27)43-34-16-7-6-15-32(34)33-20-19-31(25-37(33)43)42(28-11-4-3-5-12-28)30-14-10-13-29(24-30)41-26-40(2)35-17-8-9-18-36(35)41;/h3-23H,26H2,1-2H3;/q-2;+2/i1D3;. The van der Waals surface area contributed by atoms with Gasteiger partial charge in [-0.3, -0.25) is 0 Å². The maximum absolute atomic E-state index is 8.00. The molecule has 1 aliphatic rings. The van der Waals surface area contributed by atoms with Crippen LogP contribution in [-0.2, 0) is 21.1 Å². The Morgan fingerprint density at radius 2 is 1.52 bits per heavy atom. The number of rotatable bonds is 5. The molecule has 5 aromatic carbocycles. The third-order valence-corrected chi connectivity index (χ3v) is 8.03. The van der Waals surface area contributed by atoms with E-state index >= 15 is 0 Å². The molecule has 0 spiro atoms. The van der Waals surface area contributed by atoms with Crippen LogP contribution >= 0.6 is 0 Å². The number of hydrogen-bond donors (Lipinski definition) is 0. The van der Waals surface area contributed by atoms with Crippen molar-refractivity contribution >= 4 is 55.9 Å². The van der Waals surface area contributed by atoms with Crippen molar-refractivity contribution in [2.45, 2.75) is 6.85 Å².